The Morgan fingerprint density at radius 1 is 1.59 bits per heavy atom. The SMILES string of the molecule is CC1CC[NH+](Cc2nc(CC(=O)[O-])cs2)CC1. The van der Waals surface area contributed by atoms with Crippen molar-refractivity contribution in [3.8, 4) is 0 Å². The average molecular weight is 254 g/mol. The molecule has 5 heteroatoms. The minimum Gasteiger partial charge on any atom is -0.550 e. The number of piperidine rings is 1. The monoisotopic (exact) mass is 254 g/mol. The second kappa shape index (κ2) is 5.60. The number of hydrogen-bond acceptors (Lipinski definition) is 4. The number of rotatable bonds is 4. The number of carboxylic acids is 1. The van der Waals surface area contributed by atoms with Crippen molar-refractivity contribution in [3.63, 3.8) is 0 Å². The van der Waals surface area contributed by atoms with Gasteiger partial charge in [-0.15, -0.1) is 11.3 Å². The van der Waals surface area contributed by atoms with Crippen LogP contribution in [0.2, 0.25) is 0 Å². The molecule has 1 fully saturated rings. The van der Waals surface area contributed by atoms with Gasteiger partial charge in [-0.25, -0.2) is 4.98 Å². The summed E-state index contributed by atoms with van der Waals surface area (Å²) in [6, 6.07) is 0. The Morgan fingerprint density at radius 3 is 2.94 bits per heavy atom. The Hall–Kier alpha value is -0.940. The number of likely N-dealkylation sites (tertiary alicyclic amines) is 1. The van der Waals surface area contributed by atoms with Crippen molar-refractivity contribution in [2.24, 2.45) is 5.92 Å². The summed E-state index contributed by atoms with van der Waals surface area (Å²) in [7, 11) is 0. The summed E-state index contributed by atoms with van der Waals surface area (Å²) in [6.45, 7) is 5.65. The van der Waals surface area contributed by atoms with Gasteiger partial charge in [0.05, 0.1) is 18.8 Å². The second-order valence-corrected chi connectivity index (χ2v) is 5.83. The van der Waals surface area contributed by atoms with Crippen molar-refractivity contribution >= 4 is 17.3 Å². The summed E-state index contributed by atoms with van der Waals surface area (Å²) in [6.07, 6.45) is 2.50. The van der Waals surface area contributed by atoms with E-state index >= 15 is 0 Å². The minimum absolute atomic E-state index is 0.0666. The fourth-order valence-electron chi connectivity index (χ4n) is 2.22. The predicted molar refractivity (Wildman–Crippen MR) is 63.6 cm³/mol. The van der Waals surface area contributed by atoms with Gasteiger partial charge >= 0.3 is 0 Å². The fraction of sp³-hybridized carbons (Fsp3) is 0.667. The van der Waals surface area contributed by atoms with Crippen LogP contribution >= 0.6 is 11.3 Å². The number of thiazole rings is 1. The number of carboxylic acid groups (broad SMARTS) is 1. The second-order valence-electron chi connectivity index (χ2n) is 4.89. The maximum absolute atomic E-state index is 10.5. The van der Waals surface area contributed by atoms with Crippen LogP contribution in [0.25, 0.3) is 0 Å². The minimum atomic E-state index is -1.05. The van der Waals surface area contributed by atoms with Gasteiger partial charge in [0.15, 0.2) is 0 Å². The molecule has 0 aliphatic carbocycles. The molecule has 0 bridgehead atoms. The lowest BCUT2D eigenvalue weighted by molar-refractivity contribution is -0.919. The molecule has 0 atom stereocenters. The molecule has 0 spiro atoms. The van der Waals surface area contributed by atoms with Gasteiger partial charge in [-0.2, -0.15) is 0 Å². The standard InChI is InChI=1S/C12H18N2O2S/c1-9-2-4-14(5-3-9)7-11-13-10(8-17-11)6-12(15)16/h8-9H,2-7H2,1H3,(H,15,16). The van der Waals surface area contributed by atoms with Crippen LogP contribution in [0, 0.1) is 5.92 Å². The highest BCUT2D eigenvalue weighted by Crippen LogP contribution is 2.11. The predicted octanol–water partition coefficient (Wildman–Crippen LogP) is -0.750. The van der Waals surface area contributed by atoms with Gasteiger partial charge in [-0.1, -0.05) is 6.92 Å². The molecule has 0 radical (unpaired) electrons. The molecule has 0 unspecified atom stereocenters. The van der Waals surface area contributed by atoms with Gasteiger partial charge in [0.25, 0.3) is 0 Å². The average Bonchev–Trinajstić information content (AvgIpc) is 2.68. The molecular weight excluding hydrogens is 236 g/mol. The quantitative estimate of drug-likeness (QED) is 0.769. The van der Waals surface area contributed by atoms with Crippen LogP contribution in [0.4, 0.5) is 0 Å². The zero-order chi connectivity index (χ0) is 12.3. The van der Waals surface area contributed by atoms with Gasteiger partial charge in [0.1, 0.15) is 11.6 Å². The van der Waals surface area contributed by atoms with Crippen LogP contribution in [0.1, 0.15) is 30.5 Å². The molecule has 4 nitrogen and oxygen atoms in total. The van der Waals surface area contributed by atoms with Gasteiger partial charge < -0.3 is 14.8 Å². The van der Waals surface area contributed by atoms with E-state index in [0.717, 1.165) is 17.5 Å². The largest absolute Gasteiger partial charge is 0.550 e. The van der Waals surface area contributed by atoms with Crippen LogP contribution < -0.4 is 10.0 Å². The van der Waals surface area contributed by atoms with Gasteiger partial charge in [0.2, 0.25) is 0 Å². The van der Waals surface area contributed by atoms with Gasteiger partial charge in [-0.05, 0) is 18.8 Å². The van der Waals surface area contributed by atoms with Crippen molar-refractivity contribution in [3.05, 3.63) is 16.1 Å². The highest BCUT2D eigenvalue weighted by Gasteiger charge is 2.20. The molecule has 1 N–H and O–H groups in total. The topological polar surface area (TPSA) is 57.5 Å². The molecule has 2 rings (SSSR count). The number of aliphatic carboxylic acids is 1. The van der Waals surface area contributed by atoms with E-state index in [1.54, 1.807) is 16.2 Å². The molecule has 1 aliphatic rings. The third kappa shape index (κ3) is 3.78. The molecule has 94 valence electrons. The Balaban J connectivity index is 1.86. The molecule has 0 saturated carbocycles. The van der Waals surface area contributed by atoms with Crippen molar-refractivity contribution in [2.75, 3.05) is 13.1 Å². The molecule has 1 saturated heterocycles. The first-order valence-electron chi connectivity index (χ1n) is 6.10. The maximum Gasteiger partial charge on any atom is 0.147 e. The van der Waals surface area contributed by atoms with Crippen molar-refractivity contribution < 1.29 is 14.8 Å². The van der Waals surface area contributed by atoms with E-state index in [2.05, 4.69) is 11.9 Å². The number of hydrogen-bond donors (Lipinski definition) is 1. The van der Waals surface area contributed by atoms with E-state index in [-0.39, 0.29) is 6.42 Å². The number of aromatic nitrogens is 1. The van der Waals surface area contributed by atoms with Crippen LogP contribution in [0.15, 0.2) is 5.38 Å². The number of nitrogens with zero attached hydrogens (tertiary/aromatic N) is 1. The lowest BCUT2D eigenvalue weighted by Gasteiger charge is -2.26. The molecule has 2 heterocycles. The Kier molecular flexibility index (Phi) is 4.12. The van der Waals surface area contributed by atoms with E-state index < -0.39 is 5.97 Å². The molecule has 0 amide bonds. The van der Waals surface area contributed by atoms with Crippen molar-refractivity contribution in [1.82, 2.24) is 4.98 Å². The number of quaternary nitrogens is 1. The van der Waals surface area contributed by atoms with Gasteiger partial charge in [0, 0.05) is 17.8 Å². The number of carbonyl (C=O) groups excluding carboxylic acids is 1. The van der Waals surface area contributed by atoms with E-state index in [9.17, 15) is 9.90 Å². The fourth-order valence-corrected chi connectivity index (χ4v) is 3.09. The van der Waals surface area contributed by atoms with Crippen molar-refractivity contribution in [1.29, 1.82) is 0 Å². The first-order valence-corrected chi connectivity index (χ1v) is 6.98. The first-order chi connectivity index (χ1) is 8.13. The highest BCUT2D eigenvalue weighted by molar-refractivity contribution is 7.09. The summed E-state index contributed by atoms with van der Waals surface area (Å²) in [5.74, 6) is -0.204. The van der Waals surface area contributed by atoms with E-state index in [1.165, 1.54) is 25.9 Å². The van der Waals surface area contributed by atoms with Crippen molar-refractivity contribution in [2.45, 2.75) is 32.7 Å². The normalized spacial score (nSPS) is 24.8. The van der Waals surface area contributed by atoms with E-state index in [0.29, 0.717) is 5.69 Å². The molecular formula is C12H18N2O2S. The van der Waals surface area contributed by atoms with E-state index in [4.69, 9.17) is 0 Å². The molecule has 1 aromatic rings. The summed E-state index contributed by atoms with van der Waals surface area (Å²) in [4.78, 5) is 16.4. The third-order valence-electron chi connectivity index (χ3n) is 3.31. The molecule has 0 aromatic carbocycles. The number of nitrogens with one attached hydrogen (secondary N) is 1. The molecule has 17 heavy (non-hydrogen) atoms. The summed E-state index contributed by atoms with van der Waals surface area (Å²) in [5, 5.41) is 13.3. The zero-order valence-electron chi connectivity index (χ0n) is 10.1. The summed E-state index contributed by atoms with van der Waals surface area (Å²) < 4.78 is 0. The first kappa shape index (κ1) is 12.5. The zero-order valence-corrected chi connectivity index (χ0v) is 10.9. The van der Waals surface area contributed by atoms with Gasteiger partial charge in [-0.3, -0.25) is 0 Å². The van der Waals surface area contributed by atoms with Crippen LogP contribution in [0.5, 0.6) is 0 Å². The highest BCUT2D eigenvalue weighted by atomic mass is 32.1. The van der Waals surface area contributed by atoms with Crippen LogP contribution in [-0.4, -0.2) is 24.0 Å². The Bertz CT molecular complexity index is 384. The summed E-state index contributed by atoms with van der Waals surface area (Å²) >= 11 is 1.56. The Morgan fingerprint density at radius 2 is 2.29 bits per heavy atom. The van der Waals surface area contributed by atoms with Crippen LogP contribution in [0.3, 0.4) is 0 Å². The Labute approximate surface area is 105 Å². The molecule has 1 aromatic heterocycles. The third-order valence-corrected chi connectivity index (χ3v) is 4.20. The van der Waals surface area contributed by atoms with Crippen LogP contribution in [-0.2, 0) is 17.8 Å². The summed E-state index contributed by atoms with van der Waals surface area (Å²) in [5.41, 5.74) is 0.634. The number of carbonyl (C=O) groups is 1. The molecule has 1 aliphatic heterocycles. The lowest BCUT2D eigenvalue weighted by atomic mass is 9.99. The lowest BCUT2D eigenvalue weighted by Crippen LogP contribution is -3.11. The smallest absolute Gasteiger partial charge is 0.147 e. The van der Waals surface area contributed by atoms with E-state index in [1.807, 2.05) is 5.38 Å². The maximum atomic E-state index is 10.5.